The summed E-state index contributed by atoms with van der Waals surface area (Å²) >= 11 is 0. The monoisotopic (exact) mass is 275 g/mol. The van der Waals surface area contributed by atoms with E-state index in [1.807, 2.05) is 13.2 Å². The third kappa shape index (κ3) is 3.81. The Morgan fingerprint density at radius 1 is 1.40 bits per heavy atom. The van der Waals surface area contributed by atoms with Gasteiger partial charge < -0.3 is 4.90 Å². The van der Waals surface area contributed by atoms with Crippen molar-refractivity contribution in [1.82, 2.24) is 4.90 Å². The topological polar surface area (TPSA) is 24.2 Å². The van der Waals surface area contributed by atoms with Crippen LogP contribution in [-0.4, -0.2) is 17.4 Å². The molecule has 0 N–H and O–H groups in total. The molecule has 0 aliphatic carbocycles. The highest BCUT2D eigenvalue weighted by molar-refractivity contribution is 5.76. The molecule has 1 saturated heterocycles. The minimum absolute atomic E-state index is 0.283. The Kier molecular flexibility index (Phi) is 5.57. The van der Waals surface area contributed by atoms with Gasteiger partial charge in [-0.1, -0.05) is 19.8 Å². The number of pyridine rings is 1. The number of carbonyl (C=O) groups is 1. The first-order chi connectivity index (χ1) is 9.72. The highest BCUT2D eigenvalue weighted by Gasteiger charge is 2.28. The molecule has 0 aromatic carbocycles. The maximum absolute atomic E-state index is 12.5. The quantitative estimate of drug-likeness (QED) is 0.598. The molecule has 1 atom stereocenters. The fourth-order valence-electron chi connectivity index (χ4n) is 3.05. The van der Waals surface area contributed by atoms with Crippen molar-refractivity contribution >= 4 is 5.91 Å². The van der Waals surface area contributed by atoms with Gasteiger partial charge in [-0.3, -0.25) is 4.79 Å². The molecule has 1 aliphatic rings. The van der Waals surface area contributed by atoms with Gasteiger partial charge in [-0.05, 0) is 31.7 Å². The summed E-state index contributed by atoms with van der Waals surface area (Å²) in [6.07, 6.45) is 11.7. The lowest BCUT2D eigenvalue weighted by Gasteiger charge is -2.35. The average molecular weight is 275 g/mol. The van der Waals surface area contributed by atoms with Crippen molar-refractivity contribution in [2.24, 2.45) is 7.05 Å². The van der Waals surface area contributed by atoms with Crippen molar-refractivity contribution in [3.63, 3.8) is 0 Å². The van der Waals surface area contributed by atoms with Gasteiger partial charge in [0.2, 0.25) is 5.91 Å². The van der Waals surface area contributed by atoms with Crippen molar-refractivity contribution in [3.05, 3.63) is 30.1 Å². The molecule has 3 nitrogen and oxygen atoms in total. The summed E-state index contributed by atoms with van der Waals surface area (Å²) in [5.41, 5.74) is 1.28. The number of carbonyl (C=O) groups excluding carboxylic acids is 1. The Bertz CT molecular complexity index is 444. The molecule has 1 aliphatic heterocycles. The Morgan fingerprint density at radius 2 is 2.25 bits per heavy atom. The molecule has 0 radical (unpaired) electrons. The fourth-order valence-corrected chi connectivity index (χ4v) is 3.05. The third-order valence-electron chi connectivity index (χ3n) is 4.16. The number of unbranched alkanes of at least 4 members (excludes halogenated alkanes) is 2. The zero-order valence-electron chi connectivity index (χ0n) is 12.8. The first kappa shape index (κ1) is 15.0. The molecule has 1 unspecified atom stereocenters. The Morgan fingerprint density at radius 3 is 3.00 bits per heavy atom. The van der Waals surface area contributed by atoms with E-state index in [-0.39, 0.29) is 6.04 Å². The van der Waals surface area contributed by atoms with E-state index < -0.39 is 0 Å². The van der Waals surface area contributed by atoms with Crippen molar-refractivity contribution in [2.75, 3.05) is 6.54 Å². The van der Waals surface area contributed by atoms with E-state index in [4.69, 9.17) is 0 Å². The van der Waals surface area contributed by atoms with Crippen LogP contribution in [0.4, 0.5) is 0 Å². The van der Waals surface area contributed by atoms with Crippen LogP contribution >= 0.6 is 0 Å². The van der Waals surface area contributed by atoms with E-state index in [2.05, 4.69) is 34.7 Å². The van der Waals surface area contributed by atoms with Crippen molar-refractivity contribution in [2.45, 2.75) is 57.9 Å². The Labute approximate surface area is 122 Å². The number of nitrogens with zero attached hydrogens (tertiary/aromatic N) is 2. The second kappa shape index (κ2) is 7.41. The van der Waals surface area contributed by atoms with Crippen molar-refractivity contribution in [3.8, 4) is 0 Å². The van der Waals surface area contributed by atoms with Gasteiger partial charge in [-0.25, -0.2) is 4.57 Å². The molecular weight excluding hydrogens is 248 g/mol. The molecule has 2 heterocycles. The molecule has 1 fully saturated rings. The number of amides is 1. The molecule has 1 amide bonds. The average Bonchev–Trinajstić information content (AvgIpc) is 2.47. The van der Waals surface area contributed by atoms with E-state index in [0.29, 0.717) is 12.3 Å². The molecule has 1 aromatic heterocycles. The first-order valence-corrected chi connectivity index (χ1v) is 7.97. The summed E-state index contributed by atoms with van der Waals surface area (Å²) in [4.78, 5) is 14.6. The van der Waals surface area contributed by atoms with Crippen LogP contribution in [0, 0.1) is 0 Å². The zero-order valence-corrected chi connectivity index (χ0v) is 12.8. The first-order valence-electron chi connectivity index (χ1n) is 7.97. The molecular formula is C17H27N2O+. The number of aromatic nitrogens is 1. The summed E-state index contributed by atoms with van der Waals surface area (Å²) in [6.45, 7) is 3.10. The van der Waals surface area contributed by atoms with E-state index in [1.165, 1.54) is 18.4 Å². The van der Waals surface area contributed by atoms with Crippen LogP contribution < -0.4 is 4.57 Å². The van der Waals surface area contributed by atoms with Gasteiger partial charge in [0.05, 0.1) is 6.04 Å². The van der Waals surface area contributed by atoms with Gasteiger partial charge in [-0.2, -0.15) is 0 Å². The number of piperidine rings is 1. The minimum Gasteiger partial charge on any atom is -0.335 e. The zero-order chi connectivity index (χ0) is 14.4. The normalized spacial score (nSPS) is 19.1. The smallest absolute Gasteiger partial charge is 0.223 e. The van der Waals surface area contributed by atoms with E-state index >= 15 is 0 Å². The highest BCUT2D eigenvalue weighted by atomic mass is 16.2. The second-order valence-electron chi connectivity index (χ2n) is 5.86. The van der Waals surface area contributed by atoms with Gasteiger partial charge in [0, 0.05) is 24.6 Å². The molecule has 1 aromatic rings. The van der Waals surface area contributed by atoms with Gasteiger partial charge in [0.25, 0.3) is 0 Å². The van der Waals surface area contributed by atoms with Crippen molar-refractivity contribution in [1.29, 1.82) is 0 Å². The van der Waals surface area contributed by atoms with Crippen LogP contribution in [0.1, 0.15) is 63.5 Å². The number of likely N-dealkylation sites (tertiary alicyclic amines) is 1. The third-order valence-corrected chi connectivity index (χ3v) is 4.16. The van der Waals surface area contributed by atoms with E-state index in [9.17, 15) is 4.79 Å². The van der Waals surface area contributed by atoms with E-state index in [0.717, 1.165) is 32.2 Å². The van der Waals surface area contributed by atoms with Crippen LogP contribution in [-0.2, 0) is 11.8 Å². The van der Waals surface area contributed by atoms with Crippen LogP contribution in [0.2, 0.25) is 0 Å². The predicted octanol–water partition coefficient (Wildman–Crippen LogP) is 3.15. The van der Waals surface area contributed by atoms with Gasteiger partial charge in [-0.15, -0.1) is 0 Å². The summed E-state index contributed by atoms with van der Waals surface area (Å²) < 4.78 is 2.07. The molecule has 0 spiro atoms. The fraction of sp³-hybridized carbons (Fsp3) is 0.647. The van der Waals surface area contributed by atoms with Gasteiger partial charge >= 0.3 is 0 Å². The summed E-state index contributed by atoms with van der Waals surface area (Å²) in [6, 6.07) is 4.51. The lowest BCUT2D eigenvalue weighted by Crippen LogP contribution is -2.39. The number of hydrogen-bond acceptors (Lipinski definition) is 1. The molecule has 0 saturated carbocycles. The number of aryl methyl sites for hydroxylation is 1. The lowest BCUT2D eigenvalue weighted by atomic mass is 9.95. The molecule has 0 bridgehead atoms. The largest absolute Gasteiger partial charge is 0.335 e. The summed E-state index contributed by atoms with van der Waals surface area (Å²) in [7, 11) is 2.04. The van der Waals surface area contributed by atoms with E-state index in [1.54, 1.807) is 0 Å². The molecule has 20 heavy (non-hydrogen) atoms. The van der Waals surface area contributed by atoms with Crippen LogP contribution in [0.15, 0.2) is 24.5 Å². The Hall–Kier alpha value is -1.38. The van der Waals surface area contributed by atoms with Gasteiger partial charge in [0.1, 0.15) is 7.05 Å². The lowest BCUT2D eigenvalue weighted by molar-refractivity contribution is -0.672. The van der Waals surface area contributed by atoms with Crippen molar-refractivity contribution < 1.29 is 9.36 Å². The van der Waals surface area contributed by atoms with Gasteiger partial charge in [0.15, 0.2) is 12.4 Å². The second-order valence-corrected chi connectivity index (χ2v) is 5.86. The molecule has 3 heteroatoms. The minimum atomic E-state index is 0.283. The molecule has 110 valence electrons. The maximum Gasteiger partial charge on any atom is 0.223 e. The maximum atomic E-state index is 12.5. The van der Waals surface area contributed by atoms with Crippen LogP contribution in [0.5, 0.6) is 0 Å². The highest BCUT2D eigenvalue weighted by Crippen LogP contribution is 2.30. The number of hydrogen-bond donors (Lipinski definition) is 0. The summed E-state index contributed by atoms with van der Waals surface area (Å²) in [5, 5.41) is 0. The number of rotatable bonds is 5. The van der Waals surface area contributed by atoms with Crippen LogP contribution in [0.25, 0.3) is 0 Å². The summed E-state index contributed by atoms with van der Waals surface area (Å²) in [5.74, 6) is 0.342. The standard InChI is InChI=1S/C17H27N2O/c1-3-4-5-11-17(20)19-13-7-6-10-16(19)15-9-8-12-18(2)14-15/h8-9,12,14,16H,3-7,10-11,13H2,1-2H3/q+1. The Balaban J connectivity index is 2.07. The predicted molar refractivity (Wildman–Crippen MR) is 80.1 cm³/mol. The SMILES string of the molecule is CCCCCC(=O)N1CCCCC1c1ccc[n+](C)c1. The molecule has 2 rings (SSSR count). The van der Waals surface area contributed by atoms with Crippen LogP contribution in [0.3, 0.4) is 0 Å².